The van der Waals surface area contributed by atoms with E-state index in [0.29, 0.717) is 16.5 Å². The van der Waals surface area contributed by atoms with E-state index in [1.807, 2.05) is 12.1 Å². The Bertz CT molecular complexity index is 637. The van der Waals surface area contributed by atoms with Gasteiger partial charge in [0, 0.05) is 11.6 Å². The minimum absolute atomic E-state index is 0.206. The molecule has 2 aromatic rings. The quantitative estimate of drug-likeness (QED) is 0.792. The molecule has 2 rings (SSSR count). The Labute approximate surface area is 115 Å². The molecule has 1 heterocycles. The third kappa shape index (κ3) is 2.92. The van der Waals surface area contributed by atoms with Gasteiger partial charge in [0.2, 0.25) is 0 Å². The molecule has 0 fully saturated rings. The molecule has 0 spiro atoms. The van der Waals surface area contributed by atoms with Gasteiger partial charge < -0.3 is 15.2 Å². The van der Waals surface area contributed by atoms with E-state index < -0.39 is 12.1 Å². The second-order valence-corrected chi connectivity index (χ2v) is 4.12. The number of nitrogens with one attached hydrogen (secondary N) is 1. The zero-order chi connectivity index (χ0) is 14.5. The number of aliphatic hydroxyl groups is 1. The van der Waals surface area contributed by atoms with Crippen LogP contribution in [0.15, 0.2) is 36.5 Å². The second kappa shape index (κ2) is 6.12. The van der Waals surface area contributed by atoms with E-state index in [4.69, 9.17) is 0 Å². The van der Waals surface area contributed by atoms with Gasteiger partial charge in [-0.15, -0.1) is 0 Å². The number of carbonyl (C=O) groups excluding carboxylic acids is 2. The highest BCUT2D eigenvalue weighted by Crippen LogP contribution is 2.15. The Morgan fingerprint density at radius 2 is 2.10 bits per heavy atom. The summed E-state index contributed by atoms with van der Waals surface area (Å²) in [5.41, 5.74) is 1.14. The van der Waals surface area contributed by atoms with Gasteiger partial charge in [-0.2, -0.15) is 0 Å². The molecule has 2 N–H and O–H groups in total. The molecule has 1 amide bonds. The number of aromatic nitrogens is 1. The van der Waals surface area contributed by atoms with Gasteiger partial charge in [0.25, 0.3) is 5.91 Å². The molecule has 1 aromatic heterocycles. The number of nitrogens with zero attached hydrogens (tertiary/aromatic N) is 1. The van der Waals surface area contributed by atoms with Crippen molar-refractivity contribution in [1.82, 2.24) is 10.3 Å². The van der Waals surface area contributed by atoms with Crippen LogP contribution in [0.3, 0.4) is 0 Å². The maximum atomic E-state index is 12.1. The van der Waals surface area contributed by atoms with Crippen LogP contribution in [-0.2, 0) is 9.53 Å². The minimum Gasteiger partial charge on any atom is -0.467 e. The van der Waals surface area contributed by atoms with Crippen molar-refractivity contribution in [2.75, 3.05) is 13.7 Å². The number of para-hydroxylation sites is 1. The number of rotatable bonds is 4. The average molecular weight is 274 g/mol. The zero-order valence-electron chi connectivity index (χ0n) is 10.9. The first-order valence-corrected chi connectivity index (χ1v) is 6.01. The van der Waals surface area contributed by atoms with Crippen molar-refractivity contribution >= 4 is 22.8 Å². The van der Waals surface area contributed by atoms with Crippen LogP contribution < -0.4 is 5.32 Å². The Morgan fingerprint density at radius 3 is 2.85 bits per heavy atom. The third-order valence-corrected chi connectivity index (χ3v) is 2.82. The molecule has 104 valence electrons. The van der Waals surface area contributed by atoms with E-state index in [0.717, 1.165) is 0 Å². The molecule has 1 unspecified atom stereocenters. The first kappa shape index (κ1) is 14.0. The fraction of sp³-hybridized carbons (Fsp3) is 0.214. The standard InChI is InChI=1S/C14H14N2O4/c1-20-14(19)12(17)8-16-13(18)10-6-7-15-11-5-3-2-4-9(10)11/h2-7,12,17H,8H2,1H3,(H,16,18). The van der Waals surface area contributed by atoms with E-state index >= 15 is 0 Å². The monoisotopic (exact) mass is 274 g/mol. The summed E-state index contributed by atoms with van der Waals surface area (Å²) in [6.07, 6.45) is 0.158. The molecule has 0 aliphatic heterocycles. The van der Waals surface area contributed by atoms with Crippen LogP contribution >= 0.6 is 0 Å². The Hall–Kier alpha value is -2.47. The Balaban J connectivity index is 2.14. The van der Waals surface area contributed by atoms with Gasteiger partial charge in [0.05, 0.1) is 24.7 Å². The number of hydrogen-bond donors (Lipinski definition) is 2. The number of ether oxygens (including phenoxy) is 1. The van der Waals surface area contributed by atoms with Crippen LogP contribution in [0.5, 0.6) is 0 Å². The average Bonchev–Trinajstić information content (AvgIpc) is 2.50. The molecule has 1 atom stereocenters. The van der Waals surface area contributed by atoms with E-state index in [9.17, 15) is 14.7 Å². The molecule has 6 nitrogen and oxygen atoms in total. The summed E-state index contributed by atoms with van der Waals surface area (Å²) >= 11 is 0. The van der Waals surface area contributed by atoms with Gasteiger partial charge in [-0.25, -0.2) is 4.79 Å². The molecule has 0 aliphatic rings. The van der Waals surface area contributed by atoms with Crippen molar-refractivity contribution in [3.63, 3.8) is 0 Å². The fourth-order valence-electron chi connectivity index (χ4n) is 1.80. The van der Waals surface area contributed by atoms with Crippen LogP contribution in [0.1, 0.15) is 10.4 Å². The van der Waals surface area contributed by atoms with Crippen molar-refractivity contribution in [2.45, 2.75) is 6.10 Å². The van der Waals surface area contributed by atoms with Gasteiger partial charge in [-0.1, -0.05) is 18.2 Å². The van der Waals surface area contributed by atoms with Crippen molar-refractivity contribution in [2.24, 2.45) is 0 Å². The van der Waals surface area contributed by atoms with Crippen molar-refractivity contribution in [1.29, 1.82) is 0 Å². The number of carbonyl (C=O) groups is 2. The third-order valence-electron chi connectivity index (χ3n) is 2.82. The first-order chi connectivity index (χ1) is 9.63. The Morgan fingerprint density at radius 1 is 1.35 bits per heavy atom. The van der Waals surface area contributed by atoms with Crippen LogP contribution in [0.2, 0.25) is 0 Å². The van der Waals surface area contributed by atoms with Crippen LogP contribution in [0.25, 0.3) is 10.9 Å². The van der Waals surface area contributed by atoms with Crippen molar-refractivity contribution in [3.05, 3.63) is 42.1 Å². The maximum Gasteiger partial charge on any atom is 0.336 e. The lowest BCUT2D eigenvalue weighted by atomic mass is 10.1. The highest BCUT2D eigenvalue weighted by atomic mass is 16.5. The predicted octanol–water partition coefficient (Wildman–Crippen LogP) is 0.498. The molecule has 6 heteroatoms. The number of fused-ring (bicyclic) bond motifs is 1. The van der Waals surface area contributed by atoms with E-state index in [2.05, 4.69) is 15.0 Å². The first-order valence-electron chi connectivity index (χ1n) is 6.01. The van der Waals surface area contributed by atoms with Gasteiger partial charge in [-0.05, 0) is 12.1 Å². The summed E-state index contributed by atoms with van der Waals surface area (Å²) in [5, 5.41) is 12.6. The molecule has 0 aliphatic carbocycles. The largest absolute Gasteiger partial charge is 0.467 e. The number of esters is 1. The summed E-state index contributed by atoms with van der Waals surface area (Å²) in [6.45, 7) is -0.206. The van der Waals surface area contributed by atoms with E-state index in [-0.39, 0.29) is 12.5 Å². The number of hydrogen-bond acceptors (Lipinski definition) is 5. The zero-order valence-corrected chi connectivity index (χ0v) is 10.9. The minimum atomic E-state index is -1.38. The molecule has 0 saturated carbocycles. The van der Waals surface area contributed by atoms with Crippen LogP contribution in [0, 0.1) is 0 Å². The summed E-state index contributed by atoms with van der Waals surface area (Å²) < 4.78 is 4.37. The smallest absolute Gasteiger partial charge is 0.336 e. The maximum absolute atomic E-state index is 12.1. The number of methoxy groups -OCH3 is 1. The van der Waals surface area contributed by atoms with Crippen molar-refractivity contribution in [3.8, 4) is 0 Å². The van der Waals surface area contributed by atoms with Gasteiger partial charge in [-0.3, -0.25) is 9.78 Å². The van der Waals surface area contributed by atoms with Crippen molar-refractivity contribution < 1.29 is 19.4 Å². The normalized spacial score (nSPS) is 11.9. The lowest BCUT2D eigenvalue weighted by Gasteiger charge is -2.10. The summed E-state index contributed by atoms with van der Waals surface area (Å²) in [7, 11) is 1.17. The predicted molar refractivity (Wildman–Crippen MR) is 72.1 cm³/mol. The topological polar surface area (TPSA) is 88.5 Å². The summed E-state index contributed by atoms with van der Waals surface area (Å²) in [4.78, 5) is 27.3. The molecule has 0 bridgehead atoms. The summed E-state index contributed by atoms with van der Waals surface area (Å²) in [6, 6.07) is 8.81. The van der Waals surface area contributed by atoms with Crippen LogP contribution in [-0.4, -0.2) is 41.7 Å². The number of amides is 1. The molecule has 0 saturated heterocycles. The Kier molecular flexibility index (Phi) is 4.27. The molecular formula is C14H14N2O4. The summed E-state index contributed by atoms with van der Waals surface area (Å²) in [5.74, 6) is -1.17. The lowest BCUT2D eigenvalue weighted by molar-refractivity contribution is -0.149. The fourth-order valence-corrected chi connectivity index (χ4v) is 1.80. The highest BCUT2D eigenvalue weighted by molar-refractivity contribution is 6.06. The van der Waals surface area contributed by atoms with E-state index in [1.165, 1.54) is 13.3 Å². The van der Waals surface area contributed by atoms with Gasteiger partial charge in [0.15, 0.2) is 6.10 Å². The molecule has 20 heavy (non-hydrogen) atoms. The molecular weight excluding hydrogens is 260 g/mol. The number of pyridine rings is 1. The van der Waals surface area contributed by atoms with E-state index in [1.54, 1.807) is 18.2 Å². The highest BCUT2D eigenvalue weighted by Gasteiger charge is 2.17. The van der Waals surface area contributed by atoms with Gasteiger partial charge in [0.1, 0.15) is 0 Å². The number of benzene rings is 1. The van der Waals surface area contributed by atoms with Crippen LogP contribution in [0.4, 0.5) is 0 Å². The SMILES string of the molecule is COC(=O)C(O)CNC(=O)c1ccnc2ccccc12. The number of aliphatic hydroxyl groups excluding tert-OH is 1. The van der Waals surface area contributed by atoms with Gasteiger partial charge >= 0.3 is 5.97 Å². The lowest BCUT2D eigenvalue weighted by Crippen LogP contribution is -2.37. The second-order valence-electron chi connectivity index (χ2n) is 4.12. The molecule has 0 radical (unpaired) electrons. The molecule has 1 aromatic carbocycles.